The van der Waals surface area contributed by atoms with E-state index in [0.717, 1.165) is 21.3 Å². The molecule has 0 unspecified atom stereocenters. The molecule has 0 bridgehead atoms. The van der Waals surface area contributed by atoms with Crippen LogP contribution in [0.4, 0.5) is 5.69 Å². The zero-order chi connectivity index (χ0) is 16.8. The van der Waals surface area contributed by atoms with Crippen LogP contribution in [-0.2, 0) is 18.3 Å². The summed E-state index contributed by atoms with van der Waals surface area (Å²) in [7, 11) is 1.86. The van der Waals surface area contributed by atoms with E-state index in [1.807, 2.05) is 37.5 Å². The van der Waals surface area contributed by atoms with Crippen LogP contribution >= 0.6 is 11.8 Å². The van der Waals surface area contributed by atoms with Crippen molar-refractivity contribution in [1.29, 1.82) is 0 Å². The van der Waals surface area contributed by atoms with E-state index in [1.165, 1.54) is 11.8 Å². The van der Waals surface area contributed by atoms with Crippen molar-refractivity contribution < 1.29 is 4.79 Å². The van der Waals surface area contributed by atoms with E-state index >= 15 is 0 Å². The lowest BCUT2D eigenvalue weighted by molar-refractivity contribution is -0.116. The molecule has 1 N–H and O–H groups in total. The molecule has 0 spiro atoms. The predicted molar refractivity (Wildman–Crippen MR) is 92.8 cm³/mol. The number of hydrogen-bond donors (Lipinski definition) is 1. The Labute approximate surface area is 144 Å². The predicted octanol–water partition coefficient (Wildman–Crippen LogP) is 2.93. The van der Waals surface area contributed by atoms with Crippen molar-refractivity contribution in [2.75, 3.05) is 5.32 Å². The maximum absolute atomic E-state index is 12.1. The highest BCUT2D eigenvalue weighted by Crippen LogP contribution is 2.25. The van der Waals surface area contributed by atoms with Crippen LogP contribution < -0.4 is 5.32 Å². The molecular formula is C17H17N5OS. The Morgan fingerprint density at radius 1 is 1.21 bits per heavy atom. The maximum Gasteiger partial charge on any atom is 0.224 e. The van der Waals surface area contributed by atoms with Crippen molar-refractivity contribution in [3.05, 3.63) is 60.7 Å². The first-order chi connectivity index (χ1) is 11.7. The van der Waals surface area contributed by atoms with Gasteiger partial charge in [-0.25, -0.2) is 9.97 Å². The van der Waals surface area contributed by atoms with E-state index in [-0.39, 0.29) is 5.91 Å². The number of aromatic nitrogens is 4. The molecule has 0 saturated carbocycles. The molecule has 3 rings (SSSR count). The summed E-state index contributed by atoms with van der Waals surface area (Å²) in [6, 6.07) is 9.35. The number of carbonyl (C=O) groups is 1. The maximum atomic E-state index is 12.1. The van der Waals surface area contributed by atoms with Crippen molar-refractivity contribution in [2.45, 2.75) is 22.9 Å². The Morgan fingerprint density at radius 3 is 2.83 bits per heavy atom. The van der Waals surface area contributed by atoms with Crippen molar-refractivity contribution in [1.82, 2.24) is 19.7 Å². The minimum Gasteiger partial charge on any atom is -0.326 e. The summed E-state index contributed by atoms with van der Waals surface area (Å²) in [6.45, 7) is 0. The zero-order valence-corrected chi connectivity index (χ0v) is 14.0. The second-order valence-electron chi connectivity index (χ2n) is 5.22. The van der Waals surface area contributed by atoms with Gasteiger partial charge in [-0.05, 0) is 36.2 Å². The third-order valence-electron chi connectivity index (χ3n) is 3.26. The number of pyridine rings is 2. The van der Waals surface area contributed by atoms with Gasteiger partial charge in [0.15, 0.2) is 0 Å². The van der Waals surface area contributed by atoms with Gasteiger partial charge in [0.05, 0.1) is 6.20 Å². The molecular weight excluding hydrogens is 322 g/mol. The Balaban J connectivity index is 1.56. The molecule has 0 aliphatic carbocycles. The van der Waals surface area contributed by atoms with Gasteiger partial charge in [0.1, 0.15) is 10.1 Å². The smallest absolute Gasteiger partial charge is 0.224 e. The Bertz CT molecular complexity index is 819. The van der Waals surface area contributed by atoms with Gasteiger partial charge in [0, 0.05) is 37.7 Å². The molecule has 122 valence electrons. The Hall–Kier alpha value is -2.67. The summed E-state index contributed by atoms with van der Waals surface area (Å²) in [4.78, 5) is 20.6. The van der Waals surface area contributed by atoms with E-state index in [1.54, 1.807) is 29.3 Å². The average molecular weight is 339 g/mol. The van der Waals surface area contributed by atoms with Crippen molar-refractivity contribution >= 4 is 23.4 Å². The molecule has 0 fully saturated rings. The number of nitrogens with one attached hydrogen (secondary N) is 1. The molecule has 3 aromatic heterocycles. The molecule has 24 heavy (non-hydrogen) atoms. The third kappa shape index (κ3) is 4.66. The molecule has 3 heterocycles. The lowest BCUT2D eigenvalue weighted by Gasteiger charge is -2.06. The van der Waals surface area contributed by atoms with Gasteiger partial charge in [-0.15, -0.1) is 0 Å². The lowest BCUT2D eigenvalue weighted by atomic mass is 10.2. The molecule has 0 radical (unpaired) electrons. The average Bonchev–Trinajstić information content (AvgIpc) is 3.00. The number of rotatable bonds is 6. The fourth-order valence-corrected chi connectivity index (χ4v) is 2.91. The standard InChI is InChI=1S/C17H17N5OS/c1-22-12-13(11-20-22)5-6-15(23)21-14-7-9-19-17(10-14)24-16-4-2-3-8-18-16/h2-4,7-12H,5-6H2,1H3,(H,19,21,23). The van der Waals surface area contributed by atoms with Gasteiger partial charge in [-0.2, -0.15) is 5.10 Å². The highest BCUT2D eigenvalue weighted by Gasteiger charge is 2.06. The second-order valence-corrected chi connectivity index (χ2v) is 6.26. The van der Waals surface area contributed by atoms with Crippen LogP contribution in [0.5, 0.6) is 0 Å². The fourth-order valence-electron chi connectivity index (χ4n) is 2.14. The van der Waals surface area contributed by atoms with Gasteiger partial charge < -0.3 is 5.32 Å². The van der Waals surface area contributed by atoms with Crippen LogP contribution in [0.3, 0.4) is 0 Å². The van der Waals surface area contributed by atoms with Crippen molar-refractivity contribution in [3.8, 4) is 0 Å². The largest absolute Gasteiger partial charge is 0.326 e. The third-order valence-corrected chi connectivity index (χ3v) is 4.15. The van der Waals surface area contributed by atoms with Crippen LogP contribution in [0, 0.1) is 0 Å². The molecule has 0 atom stereocenters. The first-order valence-corrected chi connectivity index (χ1v) is 8.33. The normalized spacial score (nSPS) is 10.5. The molecule has 6 nitrogen and oxygen atoms in total. The van der Waals surface area contributed by atoms with E-state index < -0.39 is 0 Å². The van der Waals surface area contributed by atoms with Crippen molar-refractivity contribution in [2.24, 2.45) is 7.05 Å². The van der Waals surface area contributed by atoms with E-state index in [0.29, 0.717) is 12.8 Å². The molecule has 0 aromatic carbocycles. The number of amides is 1. The number of carbonyl (C=O) groups excluding carboxylic acids is 1. The van der Waals surface area contributed by atoms with Gasteiger partial charge in [-0.3, -0.25) is 9.48 Å². The lowest BCUT2D eigenvalue weighted by Crippen LogP contribution is -2.12. The highest BCUT2D eigenvalue weighted by molar-refractivity contribution is 7.99. The number of aryl methyl sites for hydroxylation is 2. The van der Waals surface area contributed by atoms with Crippen molar-refractivity contribution in [3.63, 3.8) is 0 Å². The minimum atomic E-state index is -0.0289. The molecule has 0 saturated heterocycles. The van der Waals surface area contributed by atoms with Crippen LogP contribution in [0.2, 0.25) is 0 Å². The molecule has 0 aliphatic heterocycles. The van der Waals surface area contributed by atoms with E-state index in [2.05, 4.69) is 20.4 Å². The van der Waals surface area contributed by atoms with Crippen LogP contribution in [0.1, 0.15) is 12.0 Å². The number of nitrogens with zero attached hydrogens (tertiary/aromatic N) is 4. The first-order valence-electron chi connectivity index (χ1n) is 7.51. The van der Waals surface area contributed by atoms with Gasteiger partial charge in [-0.1, -0.05) is 17.8 Å². The molecule has 1 amide bonds. The summed E-state index contributed by atoms with van der Waals surface area (Å²) in [5.74, 6) is -0.0289. The highest BCUT2D eigenvalue weighted by atomic mass is 32.2. The summed E-state index contributed by atoms with van der Waals surface area (Å²) >= 11 is 1.46. The van der Waals surface area contributed by atoms with Gasteiger partial charge in [0.25, 0.3) is 0 Å². The quantitative estimate of drug-likeness (QED) is 0.747. The Kier molecular flexibility index (Phi) is 5.22. The van der Waals surface area contributed by atoms with Crippen LogP contribution in [-0.4, -0.2) is 25.7 Å². The van der Waals surface area contributed by atoms with E-state index in [9.17, 15) is 4.79 Å². The molecule has 3 aromatic rings. The monoisotopic (exact) mass is 339 g/mol. The van der Waals surface area contributed by atoms with Crippen LogP contribution in [0.25, 0.3) is 0 Å². The SMILES string of the molecule is Cn1cc(CCC(=O)Nc2ccnc(Sc3ccccn3)c2)cn1. The summed E-state index contributed by atoms with van der Waals surface area (Å²) in [5, 5.41) is 8.66. The Morgan fingerprint density at radius 2 is 2.08 bits per heavy atom. The second kappa shape index (κ2) is 7.74. The summed E-state index contributed by atoms with van der Waals surface area (Å²) < 4.78 is 1.73. The van der Waals surface area contributed by atoms with Gasteiger partial charge in [0.2, 0.25) is 5.91 Å². The van der Waals surface area contributed by atoms with Gasteiger partial charge >= 0.3 is 0 Å². The topological polar surface area (TPSA) is 72.7 Å². The molecule has 0 aliphatic rings. The number of hydrogen-bond acceptors (Lipinski definition) is 5. The number of anilines is 1. The zero-order valence-electron chi connectivity index (χ0n) is 13.2. The molecule has 7 heteroatoms. The van der Waals surface area contributed by atoms with Crippen LogP contribution in [0.15, 0.2) is 65.2 Å². The van der Waals surface area contributed by atoms with E-state index in [4.69, 9.17) is 0 Å². The minimum absolute atomic E-state index is 0.0289. The summed E-state index contributed by atoms with van der Waals surface area (Å²) in [6.07, 6.45) is 8.20. The first kappa shape index (κ1) is 16.2. The summed E-state index contributed by atoms with van der Waals surface area (Å²) in [5.41, 5.74) is 1.79. The fraction of sp³-hybridized carbons (Fsp3) is 0.176.